The molecule has 1 spiro atoms. The van der Waals surface area contributed by atoms with E-state index in [1.54, 1.807) is 13.2 Å². The standard InChI is InChI=1S/C33H39FN4O3S/c1-38-13-10-33(11-14-38)9-7-21-3-4-22(16-27(21)33)29-17-24-6-5-23(30(34)31(24)42-29)15-25(18-35)37-32(39)28-19-36-12-8-26(40-2)20-41-28/h3-6,16-17,25-26,28,36H,7-15,19-20H2,1-2H3,(H,37,39)/t25-,26-,28+/m1/s1. The number of amides is 1. The van der Waals surface area contributed by atoms with Gasteiger partial charge in [-0.2, -0.15) is 5.26 Å². The van der Waals surface area contributed by atoms with Crippen LogP contribution in [0.2, 0.25) is 0 Å². The Morgan fingerprint density at radius 1 is 1.29 bits per heavy atom. The number of nitrogens with zero attached hydrogens (tertiary/aromatic N) is 2. The van der Waals surface area contributed by atoms with Gasteiger partial charge in [0.2, 0.25) is 0 Å². The van der Waals surface area contributed by atoms with Crippen molar-refractivity contribution in [1.82, 2.24) is 15.5 Å². The molecule has 2 aliphatic heterocycles. The maximum atomic E-state index is 15.8. The van der Waals surface area contributed by atoms with Crippen molar-refractivity contribution in [3.05, 3.63) is 58.9 Å². The molecule has 2 N–H and O–H groups in total. The zero-order valence-corrected chi connectivity index (χ0v) is 25.2. The second kappa shape index (κ2) is 12.4. The summed E-state index contributed by atoms with van der Waals surface area (Å²) in [6.07, 6.45) is 4.78. The van der Waals surface area contributed by atoms with Crippen molar-refractivity contribution in [2.75, 3.05) is 46.9 Å². The van der Waals surface area contributed by atoms with E-state index in [0.717, 1.165) is 41.8 Å². The maximum absolute atomic E-state index is 15.8. The predicted molar refractivity (Wildman–Crippen MR) is 163 cm³/mol. The minimum absolute atomic E-state index is 0.0773. The Bertz CT molecular complexity index is 1490. The van der Waals surface area contributed by atoms with Gasteiger partial charge in [-0.25, -0.2) is 4.39 Å². The number of thiophene rings is 1. The molecular formula is C33H39FN4O3S. The van der Waals surface area contributed by atoms with Gasteiger partial charge in [0, 0.05) is 25.0 Å². The quantitative estimate of drug-likeness (QED) is 0.438. The fraction of sp³-hybridized carbons (Fsp3) is 0.515. The molecule has 42 heavy (non-hydrogen) atoms. The molecule has 1 aliphatic carbocycles. The summed E-state index contributed by atoms with van der Waals surface area (Å²) >= 11 is 1.46. The van der Waals surface area contributed by atoms with Crippen molar-refractivity contribution in [2.24, 2.45) is 0 Å². The molecule has 0 saturated carbocycles. The third kappa shape index (κ3) is 5.84. The number of fused-ring (bicyclic) bond motifs is 3. The molecule has 222 valence electrons. The van der Waals surface area contributed by atoms with Crippen LogP contribution >= 0.6 is 11.3 Å². The van der Waals surface area contributed by atoms with Gasteiger partial charge >= 0.3 is 0 Å². The SMILES string of the molecule is CO[C@@H]1CCNC[C@@H](C(=O)N[C@@H](C#N)Cc2ccc3cc(-c4ccc5c(c4)C4(CC5)CCN(C)CC4)sc3c2F)OC1. The number of nitrogens with one attached hydrogen (secondary N) is 2. The number of carbonyl (C=O) groups is 1. The lowest BCUT2D eigenvalue weighted by Gasteiger charge is -2.38. The van der Waals surface area contributed by atoms with Gasteiger partial charge in [-0.1, -0.05) is 24.3 Å². The smallest absolute Gasteiger partial charge is 0.251 e. The average Bonchev–Trinajstić information content (AvgIpc) is 3.58. The van der Waals surface area contributed by atoms with Gasteiger partial charge in [0.15, 0.2) is 0 Å². The van der Waals surface area contributed by atoms with Crippen LogP contribution in [-0.4, -0.2) is 76.0 Å². The summed E-state index contributed by atoms with van der Waals surface area (Å²) in [5.41, 5.74) is 4.77. The zero-order chi connectivity index (χ0) is 29.3. The number of aryl methyl sites for hydroxylation is 1. The first-order valence-corrected chi connectivity index (χ1v) is 15.8. The maximum Gasteiger partial charge on any atom is 0.251 e. The van der Waals surface area contributed by atoms with Gasteiger partial charge in [-0.3, -0.25) is 4.79 Å². The molecule has 6 rings (SSSR count). The molecule has 1 aromatic heterocycles. The van der Waals surface area contributed by atoms with E-state index in [9.17, 15) is 10.1 Å². The van der Waals surface area contributed by atoms with E-state index in [1.807, 2.05) is 6.07 Å². The number of halogens is 1. The summed E-state index contributed by atoms with van der Waals surface area (Å²) in [5, 5.41) is 16.6. The van der Waals surface area contributed by atoms with Gasteiger partial charge < -0.3 is 25.0 Å². The predicted octanol–water partition coefficient (Wildman–Crippen LogP) is 4.56. The summed E-state index contributed by atoms with van der Waals surface area (Å²) in [4.78, 5) is 16.4. The minimum Gasteiger partial charge on any atom is -0.379 e. The van der Waals surface area contributed by atoms with Gasteiger partial charge in [-0.05, 0) is 104 Å². The number of benzene rings is 2. The number of methoxy groups -OCH3 is 1. The highest BCUT2D eigenvalue weighted by atomic mass is 32.1. The Kier molecular flexibility index (Phi) is 8.62. The van der Waals surface area contributed by atoms with Crippen molar-refractivity contribution < 1.29 is 18.7 Å². The monoisotopic (exact) mass is 590 g/mol. The highest BCUT2D eigenvalue weighted by Gasteiger charge is 2.40. The molecule has 3 aromatic rings. The normalized spacial score (nSPS) is 23.2. The average molecular weight is 591 g/mol. The van der Waals surface area contributed by atoms with Crippen molar-refractivity contribution in [1.29, 1.82) is 5.26 Å². The van der Waals surface area contributed by atoms with E-state index in [1.165, 1.54) is 41.7 Å². The topological polar surface area (TPSA) is 86.6 Å². The summed E-state index contributed by atoms with van der Waals surface area (Å²) in [7, 11) is 3.82. The third-order valence-electron chi connectivity index (χ3n) is 9.47. The molecule has 3 heterocycles. The van der Waals surface area contributed by atoms with Crippen LogP contribution in [-0.2, 0) is 32.5 Å². The molecule has 2 fully saturated rings. The molecule has 2 saturated heterocycles. The van der Waals surface area contributed by atoms with Crippen LogP contribution in [0.5, 0.6) is 0 Å². The Morgan fingerprint density at radius 3 is 2.90 bits per heavy atom. The van der Waals surface area contributed by atoms with Gasteiger partial charge in [0.25, 0.3) is 5.91 Å². The largest absolute Gasteiger partial charge is 0.379 e. The number of rotatable bonds is 6. The molecule has 0 unspecified atom stereocenters. The van der Waals surface area contributed by atoms with E-state index in [0.29, 0.717) is 30.0 Å². The zero-order valence-electron chi connectivity index (χ0n) is 24.4. The number of ether oxygens (including phenoxy) is 2. The van der Waals surface area contributed by atoms with E-state index in [-0.39, 0.29) is 29.7 Å². The van der Waals surface area contributed by atoms with Crippen molar-refractivity contribution in [3.8, 4) is 16.5 Å². The van der Waals surface area contributed by atoms with Crippen LogP contribution in [0.4, 0.5) is 4.39 Å². The van der Waals surface area contributed by atoms with E-state index in [2.05, 4.69) is 52.9 Å². The minimum atomic E-state index is -0.876. The number of hydrogen-bond donors (Lipinski definition) is 2. The van der Waals surface area contributed by atoms with Crippen LogP contribution in [0.3, 0.4) is 0 Å². The third-order valence-corrected chi connectivity index (χ3v) is 10.7. The van der Waals surface area contributed by atoms with Crippen LogP contribution in [0.25, 0.3) is 20.5 Å². The molecular weight excluding hydrogens is 551 g/mol. The lowest BCUT2D eigenvalue weighted by molar-refractivity contribution is -0.136. The molecule has 3 atom stereocenters. The van der Waals surface area contributed by atoms with Crippen LogP contribution < -0.4 is 10.6 Å². The fourth-order valence-corrected chi connectivity index (χ4v) is 7.87. The highest BCUT2D eigenvalue weighted by molar-refractivity contribution is 7.22. The van der Waals surface area contributed by atoms with Gasteiger partial charge in [0.1, 0.15) is 18.0 Å². The summed E-state index contributed by atoms with van der Waals surface area (Å²) in [6, 6.07) is 13.8. The highest BCUT2D eigenvalue weighted by Crippen LogP contribution is 2.48. The molecule has 0 bridgehead atoms. The number of nitriles is 1. The van der Waals surface area contributed by atoms with Crippen LogP contribution in [0.15, 0.2) is 36.4 Å². The first-order chi connectivity index (χ1) is 20.4. The van der Waals surface area contributed by atoms with Crippen molar-refractivity contribution >= 4 is 27.3 Å². The molecule has 3 aliphatic rings. The van der Waals surface area contributed by atoms with Gasteiger partial charge in [-0.15, -0.1) is 11.3 Å². The van der Waals surface area contributed by atoms with E-state index < -0.39 is 12.1 Å². The molecule has 0 radical (unpaired) electrons. The number of likely N-dealkylation sites (tertiary alicyclic amines) is 1. The van der Waals surface area contributed by atoms with E-state index in [4.69, 9.17) is 9.47 Å². The first-order valence-electron chi connectivity index (χ1n) is 15.0. The summed E-state index contributed by atoms with van der Waals surface area (Å²) in [6.45, 7) is 3.62. The molecule has 7 nitrogen and oxygen atoms in total. The summed E-state index contributed by atoms with van der Waals surface area (Å²) < 4.78 is 27.6. The van der Waals surface area contributed by atoms with Crippen molar-refractivity contribution in [2.45, 2.75) is 62.2 Å². The Morgan fingerprint density at radius 2 is 2.12 bits per heavy atom. The number of piperidine rings is 1. The molecule has 1 amide bonds. The van der Waals surface area contributed by atoms with Gasteiger partial charge in [0.05, 0.1) is 23.5 Å². The number of carbonyl (C=O) groups excluding carboxylic acids is 1. The first kappa shape index (κ1) is 29.2. The number of hydrogen-bond acceptors (Lipinski definition) is 7. The second-order valence-electron chi connectivity index (χ2n) is 12.1. The molecule has 9 heteroatoms. The summed E-state index contributed by atoms with van der Waals surface area (Å²) in [5.74, 6) is -0.706. The molecule has 2 aromatic carbocycles. The van der Waals surface area contributed by atoms with Crippen LogP contribution in [0.1, 0.15) is 42.4 Å². The van der Waals surface area contributed by atoms with Crippen LogP contribution in [0, 0.1) is 17.1 Å². The fourth-order valence-electron chi connectivity index (χ4n) is 6.76. The lowest BCUT2D eigenvalue weighted by Crippen LogP contribution is -2.49. The van der Waals surface area contributed by atoms with Crippen molar-refractivity contribution in [3.63, 3.8) is 0 Å². The Balaban J connectivity index is 1.18. The Hall–Kier alpha value is -2.87. The second-order valence-corrected chi connectivity index (χ2v) is 13.1. The Labute approximate surface area is 251 Å². The lowest BCUT2D eigenvalue weighted by atomic mass is 9.73. The van der Waals surface area contributed by atoms with E-state index >= 15 is 4.39 Å².